The van der Waals surface area contributed by atoms with E-state index in [1.54, 1.807) is 0 Å². The van der Waals surface area contributed by atoms with Gasteiger partial charge in [0.1, 0.15) is 24.7 Å². The summed E-state index contributed by atoms with van der Waals surface area (Å²) in [5, 5.41) is 0. The standard InChI is InChI=1S/C18H21NO2/c1-12(2)14-5-3-13(4-6-14)10-20-15-7-8-16-17(19)11-21-18(16)9-15/h3-9,12,17H,10-11,19H2,1-2H3. The third-order valence-corrected chi connectivity index (χ3v) is 3.85. The Kier molecular flexibility index (Phi) is 3.84. The normalized spacial score (nSPS) is 16.7. The predicted molar refractivity (Wildman–Crippen MR) is 83.7 cm³/mol. The number of nitrogens with two attached hydrogens (primary N) is 1. The smallest absolute Gasteiger partial charge is 0.127 e. The number of benzene rings is 2. The lowest BCUT2D eigenvalue weighted by Crippen LogP contribution is -2.10. The summed E-state index contributed by atoms with van der Waals surface area (Å²) in [5.41, 5.74) is 9.50. The van der Waals surface area contributed by atoms with Gasteiger partial charge in [0.25, 0.3) is 0 Å². The maximum Gasteiger partial charge on any atom is 0.127 e. The van der Waals surface area contributed by atoms with Crippen LogP contribution < -0.4 is 15.2 Å². The average molecular weight is 283 g/mol. The number of fused-ring (bicyclic) bond motifs is 1. The van der Waals surface area contributed by atoms with Crippen LogP contribution in [-0.4, -0.2) is 6.61 Å². The monoisotopic (exact) mass is 283 g/mol. The average Bonchev–Trinajstić information content (AvgIpc) is 2.86. The molecular formula is C18H21NO2. The van der Waals surface area contributed by atoms with Gasteiger partial charge >= 0.3 is 0 Å². The second-order valence-electron chi connectivity index (χ2n) is 5.80. The highest BCUT2D eigenvalue weighted by atomic mass is 16.5. The van der Waals surface area contributed by atoms with Crippen molar-refractivity contribution in [1.29, 1.82) is 0 Å². The van der Waals surface area contributed by atoms with Crippen molar-refractivity contribution in [3.8, 4) is 11.5 Å². The van der Waals surface area contributed by atoms with Crippen LogP contribution in [-0.2, 0) is 6.61 Å². The molecule has 3 heteroatoms. The highest BCUT2D eigenvalue weighted by Gasteiger charge is 2.20. The second-order valence-corrected chi connectivity index (χ2v) is 5.80. The van der Waals surface area contributed by atoms with Crippen LogP contribution in [0.25, 0.3) is 0 Å². The summed E-state index contributed by atoms with van der Waals surface area (Å²) in [5.74, 6) is 2.21. The fraction of sp³-hybridized carbons (Fsp3) is 0.333. The van der Waals surface area contributed by atoms with Crippen molar-refractivity contribution in [3.05, 3.63) is 59.2 Å². The minimum Gasteiger partial charge on any atom is -0.491 e. The van der Waals surface area contributed by atoms with Gasteiger partial charge in [0.15, 0.2) is 0 Å². The molecule has 1 heterocycles. The van der Waals surface area contributed by atoms with Gasteiger partial charge in [-0.3, -0.25) is 0 Å². The quantitative estimate of drug-likeness (QED) is 0.928. The van der Waals surface area contributed by atoms with Crippen molar-refractivity contribution < 1.29 is 9.47 Å². The molecule has 21 heavy (non-hydrogen) atoms. The van der Waals surface area contributed by atoms with Gasteiger partial charge in [-0.2, -0.15) is 0 Å². The molecule has 0 amide bonds. The lowest BCUT2D eigenvalue weighted by Gasteiger charge is -2.10. The molecule has 0 fully saturated rings. The predicted octanol–water partition coefficient (Wildman–Crippen LogP) is 3.78. The molecule has 1 atom stereocenters. The van der Waals surface area contributed by atoms with Gasteiger partial charge in [-0.1, -0.05) is 38.1 Å². The van der Waals surface area contributed by atoms with Gasteiger partial charge in [0.2, 0.25) is 0 Å². The summed E-state index contributed by atoms with van der Waals surface area (Å²) in [6, 6.07) is 14.4. The molecule has 0 spiro atoms. The van der Waals surface area contributed by atoms with E-state index in [9.17, 15) is 0 Å². The van der Waals surface area contributed by atoms with Crippen LogP contribution in [0.4, 0.5) is 0 Å². The third kappa shape index (κ3) is 3.03. The van der Waals surface area contributed by atoms with Gasteiger partial charge in [0.05, 0.1) is 6.04 Å². The fourth-order valence-electron chi connectivity index (χ4n) is 2.47. The molecule has 0 saturated carbocycles. The summed E-state index contributed by atoms with van der Waals surface area (Å²) in [4.78, 5) is 0. The number of hydrogen-bond acceptors (Lipinski definition) is 3. The van der Waals surface area contributed by atoms with Crippen molar-refractivity contribution in [1.82, 2.24) is 0 Å². The van der Waals surface area contributed by atoms with Gasteiger partial charge in [0, 0.05) is 11.6 Å². The van der Waals surface area contributed by atoms with E-state index in [4.69, 9.17) is 15.2 Å². The fourth-order valence-corrected chi connectivity index (χ4v) is 2.47. The Morgan fingerprint density at radius 1 is 1.19 bits per heavy atom. The third-order valence-electron chi connectivity index (χ3n) is 3.85. The minimum atomic E-state index is -0.0161. The van der Waals surface area contributed by atoms with Crippen LogP contribution in [0.5, 0.6) is 11.5 Å². The Labute approximate surface area is 125 Å². The van der Waals surface area contributed by atoms with Crippen LogP contribution in [0.2, 0.25) is 0 Å². The molecule has 0 aliphatic carbocycles. The maximum atomic E-state index is 5.93. The second kappa shape index (κ2) is 5.78. The Balaban J connectivity index is 1.65. The highest BCUT2D eigenvalue weighted by Crippen LogP contribution is 2.34. The SMILES string of the molecule is CC(C)c1ccc(COc2ccc3c(c2)OCC3N)cc1. The molecule has 1 aliphatic heterocycles. The molecule has 1 unspecified atom stereocenters. The van der Waals surface area contributed by atoms with E-state index in [1.807, 2.05) is 18.2 Å². The van der Waals surface area contributed by atoms with E-state index in [1.165, 1.54) is 5.56 Å². The zero-order valence-corrected chi connectivity index (χ0v) is 12.5. The first-order valence-corrected chi connectivity index (χ1v) is 7.37. The van der Waals surface area contributed by atoms with Crippen molar-refractivity contribution >= 4 is 0 Å². The first kappa shape index (κ1) is 14.0. The molecule has 0 aromatic heterocycles. The first-order valence-electron chi connectivity index (χ1n) is 7.37. The molecule has 3 rings (SSSR count). The Morgan fingerprint density at radius 2 is 1.95 bits per heavy atom. The number of rotatable bonds is 4. The van der Waals surface area contributed by atoms with E-state index in [0.29, 0.717) is 19.1 Å². The summed E-state index contributed by atoms with van der Waals surface area (Å²) >= 11 is 0. The molecule has 0 saturated heterocycles. The molecule has 3 nitrogen and oxygen atoms in total. The van der Waals surface area contributed by atoms with E-state index >= 15 is 0 Å². The largest absolute Gasteiger partial charge is 0.491 e. The van der Waals surface area contributed by atoms with Gasteiger partial charge < -0.3 is 15.2 Å². The summed E-state index contributed by atoms with van der Waals surface area (Å²) in [6.07, 6.45) is 0. The van der Waals surface area contributed by atoms with Crippen molar-refractivity contribution in [2.24, 2.45) is 5.73 Å². The summed E-state index contributed by atoms with van der Waals surface area (Å²) < 4.78 is 11.4. The van der Waals surface area contributed by atoms with Crippen LogP contribution in [0, 0.1) is 0 Å². The van der Waals surface area contributed by atoms with E-state index in [-0.39, 0.29) is 6.04 Å². The maximum absolute atomic E-state index is 5.93. The Hall–Kier alpha value is -2.00. The van der Waals surface area contributed by atoms with Crippen molar-refractivity contribution in [2.45, 2.75) is 32.4 Å². The van der Waals surface area contributed by atoms with E-state index in [2.05, 4.69) is 38.1 Å². The van der Waals surface area contributed by atoms with Crippen molar-refractivity contribution in [3.63, 3.8) is 0 Å². The molecule has 2 N–H and O–H groups in total. The van der Waals surface area contributed by atoms with Crippen molar-refractivity contribution in [2.75, 3.05) is 6.61 Å². The van der Waals surface area contributed by atoms with Gasteiger partial charge in [-0.05, 0) is 29.2 Å². The molecule has 0 radical (unpaired) electrons. The van der Waals surface area contributed by atoms with Crippen LogP contribution in [0.15, 0.2) is 42.5 Å². The van der Waals surface area contributed by atoms with Gasteiger partial charge in [-0.25, -0.2) is 0 Å². The van der Waals surface area contributed by atoms with Gasteiger partial charge in [-0.15, -0.1) is 0 Å². The molecule has 0 bridgehead atoms. The lowest BCUT2D eigenvalue weighted by atomic mass is 10.0. The first-order chi connectivity index (χ1) is 10.1. The molecular weight excluding hydrogens is 262 g/mol. The number of hydrogen-bond donors (Lipinski definition) is 1. The van der Waals surface area contributed by atoms with Crippen LogP contribution in [0.3, 0.4) is 0 Å². The van der Waals surface area contributed by atoms with Crippen LogP contribution in [0.1, 0.15) is 42.5 Å². The molecule has 110 valence electrons. The molecule has 1 aliphatic rings. The zero-order chi connectivity index (χ0) is 14.8. The Morgan fingerprint density at radius 3 is 2.67 bits per heavy atom. The Bertz CT molecular complexity index is 620. The molecule has 2 aromatic carbocycles. The lowest BCUT2D eigenvalue weighted by molar-refractivity contribution is 0.301. The molecule has 2 aromatic rings. The zero-order valence-electron chi connectivity index (χ0n) is 12.5. The van der Waals surface area contributed by atoms with E-state index < -0.39 is 0 Å². The summed E-state index contributed by atoms with van der Waals surface area (Å²) in [7, 11) is 0. The highest BCUT2D eigenvalue weighted by molar-refractivity contribution is 5.44. The topological polar surface area (TPSA) is 44.5 Å². The number of ether oxygens (including phenoxy) is 2. The van der Waals surface area contributed by atoms with E-state index in [0.717, 1.165) is 22.6 Å². The minimum absolute atomic E-state index is 0.0161. The van der Waals surface area contributed by atoms with Crippen LogP contribution >= 0.6 is 0 Å². The summed E-state index contributed by atoms with van der Waals surface area (Å²) in [6.45, 7) is 5.50.